The first-order valence-corrected chi connectivity index (χ1v) is 4.85. The molecule has 86 valence electrons. The molecule has 0 aliphatic rings. The van der Waals surface area contributed by atoms with E-state index in [1.54, 1.807) is 21.0 Å². The van der Waals surface area contributed by atoms with Gasteiger partial charge in [0.15, 0.2) is 0 Å². The SMILES string of the molecule is COCC(O)CNC(C)(C)C(C)(C)O. The van der Waals surface area contributed by atoms with E-state index in [4.69, 9.17) is 4.74 Å². The fraction of sp³-hybridized carbons (Fsp3) is 1.00. The number of methoxy groups -OCH3 is 1. The Labute approximate surface area is 86.3 Å². The number of hydrogen-bond acceptors (Lipinski definition) is 4. The maximum Gasteiger partial charge on any atom is 0.0897 e. The Kier molecular flexibility index (Phi) is 5.01. The summed E-state index contributed by atoms with van der Waals surface area (Å²) < 4.78 is 4.80. The summed E-state index contributed by atoms with van der Waals surface area (Å²) >= 11 is 0. The van der Waals surface area contributed by atoms with Crippen LogP contribution in [0.3, 0.4) is 0 Å². The van der Waals surface area contributed by atoms with E-state index in [1.165, 1.54) is 0 Å². The maximum absolute atomic E-state index is 9.81. The van der Waals surface area contributed by atoms with Crippen molar-refractivity contribution in [2.75, 3.05) is 20.3 Å². The molecule has 0 radical (unpaired) electrons. The topological polar surface area (TPSA) is 61.7 Å². The minimum atomic E-state index is -0.834. The van der Waals surface area contributed by atoms with Crippen LogP contribution < -0.4 is 5.32 Å². The molecule has 0 aliphatic heterocycles. The molecular formula is C10H23NO3. The molecule has 0 fully saturated rings. The highest BCUT2D eigenvalue weighted by molar-refractivity contribution is 4.93. The molecule has 4 heteroatoms. The van der Waals surface area contributed by atoms with Crippen LogP contribution in [-0.2, 0) is 4.74 Å². The van der Waals surface area contributed by atoms with Gasteiger partial charge in [-0.25, -0.2) is 0 Å². The van der Waals surface area contributed by atoms with Crippen LogP contribution in [0.15, 0.2) is 0 Å². The van der Waals surface area contributed by atoms with Crippen LogP contribution >= 0.6 is 0 Å². The highest BCUT2D eigenvalue weighted by Gasteiger charge is 2.34. The molecule has 0 rings (SSSR count). The summed E-state index contributed by atoms with van der Waals surface area (Å²) in [6, 6.07) is 0. The van der Waals surface area contributed by atoms with E-state index >= 15 is 0 Å². The summed E-state index contributed by atoms with van der Waals surface area (Å²) in [5.41, 5.74) is -1.28. The van der Waals surface area contributed by atoms with Gasteiger partial charge in [0.05, 0.1) is 18.3 Å². The van der Waals surface area contributed by atoms with Gasteiger partial charge in [-0.3, -0.25) is 0 Å². The third-order valence-corrected chi connectivity index (χ3v) is 2.67. The van der Waals surface area contributed by atoms with Crippen molar-refractivity contribution >= 4 is 0 Å². The van der Waals surface area contributed by atoms with Crippen LogP contribution in [0.25, 0.3) is 0 Å². The number of β-amino-alcohol motifs (C(OH)–C–C–N with tert-alkyl or cyclic N) is 1. The molecule has 0 bridgehead atoms. The van der Waals surface area contributed by atoms with Gasteiger partial charge in [-0.15, -0.1) is 0 Å². The Bertz CT molecular complexity index is 163. The highest BCUT2D eigenvalue weighted by atomic mass is 16.5. The number of ether oxygens (including phenoxy) is 1. The Morgan fingerprint density at radius 3 is 2.14 bits per heavy atom. The molecule has 1 atom stereocenters. The van der Waals surface area contributed by atoms with Gasteiger partial charge in [0.2, 0.25) is 0 Å². The molecule has 0 saturated carbocycles. The van der Waals surface area contributed by atoms with E-state index in [2.05, 4.69) is 5.32 Å². The quantitative estimate of drug-likeness (QED) is 0.577. The van der Waals surface area contributed by atoms with Gasteiger partial charge in [-0.1, -0.05) is 0 Å². The minimum Gasteiger partial charge on any atom is -0.389 e. The molecule has 0 aromatic carbocycles. The normalized spacial score (nSPS) is 15.6. The van der Waals surface area contributed by atoms with Gasteiger partial charge in [0.1, 0.15) is 0 Å². The van der Waals surface area contributed by atoms with Crippen LogP contribution in [0.1, 0.15) is 27.7 Å². The van der Waals surface area contributed by atoms with Gasteiger partial charge < -0.3 is 20.3 Å². The molecule has 3 N–H and O–H groups in total. The molecule has 0 saturated heterocycles. The zero-order chi connectivity index (χ0) is 11.4. The molecular weight excluding hydrogens is 182 g/mol. The average molecular weight is 205 g/mol. The Hall–Kier alpha value is -0.160. The molecule has 0 amide bonds. The fourth-order valence-corrected chi connectivity index (χ4v) is 0.841. The lowest BCUT2D eigenvalue weighted by molar-refractivity contribution is -0.0147. The van der Waals surface area contributed by atoms with Gasteiger partial charge in [-0.05, 0) is 27.7 Å². The molecule has 0 heterocycles. The zero-order valence-corrected chi connectivity index (χ0v) is 9.79. The summed E-state index contributed by atoms with van der Waals surface area (Å²) in [5, 5.41) is 22.3. The van der Waals surface area contributed by atoms with E-state index in [-0.39, 0.29) is 0 Å². The van der Waals surface area contributed by atoms with Gasteiger partial charge in [0, 0.05) is 19.2 Å². The van der Waals surface area contributed by atoms with Crippen LogP contribution in [-0.4, -0.2) is 47.7 Å². The third-order valence-electron chi connectivity index (χ3n) is 2.67. The number of rotatable bonds is 6. The smallest absolute Gasteiger partial charge is 0.0897 e. The second-order valence-corrected chi connectivity index (χ2v) is 4.67. The summed E-state index contributed by atoms with van der Waals surface area (Å²) in [7, 11) is 1.55. The largest absolute Gasteiger partial charge is 0.389 e. The van der Waals surface area contributed by atoms with Crippen molar-refractivity contribution in [3.8, 4) is 0 Å². The van der Waals surface area contributed by atoms with E-state index in [0.29, 0.717) is 13.2 Å². The van der Waals surface area contributed by atoms with Gasteiger partial charge >= 0.3 is 0 Å². The second kappa shape index (κ2) is 5.07. The predicted octanol–water partition coefficient (Wildman–Crippen LogP) is 0.133. The lowest BCUT2D eigenvalue weighted by Crippen LogP contribution is -2.57. The predicted molar refractivity (Wildman–Crippen MR) is 56.3 cm³/mol. The second-order valence-electron chi connectivity index (χ2n) is 4.67. The zero-order valence-electron chi connectivity index (χ0n) is 9.79. The number of hydrogen-bond donors (Lipinski definition) is 3. The standard InChI is InChI=1S/C10H23NO3/c1-9(2,10(3,4)13)11-6-8(12)7-14-5/h8,11-13H,6-7H2,1-5H3. The van der Waals surface area contributed by atoms with Crippen molar-refractivity contribution in [3.05, 3.63) is 0 Å². The lowest BCUT2D eigenvalue weighted by atomic mass is 9.86. The molecule has 0 spiro atoms. The van der Waals surface area contributed by atoms with Crippen molar-refractivity contribution in [1.82, 2.24) is 5.32 Å². The highest BCUT2D eigenvalue weighted by Crippen LogP contribution is 2.20. The van der Waals surface area contributed by atoms with Crippen molar-refractivity contribution < 1.29 is 14.9 Å². The van der Waals surface area contributed by atoms with Gasteiger partial charge in [-0.2, -0.15) is 0 Å². The van der Waals surface area contributed by atoms with Crippen molar-refractivity contribution in [1.29, 1.82) is 0 Å². The fourth-order valence-electron chi connectivity index (χ4n) is 0.841. The first kappa shape index (κ1) is 13.8. The van der Waals surface area contributed by atoms with E-state index in [1.807, 2.05) is 13.8 Å². The average Bonchev–Trinajstić information content (AvgIpc) is 1.99. The Morgan fingerprint density at radius 2 is 1.79 bits per heavy atom. The third kappa shape index (κ3) is 4.37. The number of nitrogens with one attached hydrogen (secondary N) is 1. The van der Waals surface area contributed by atoms with Crippen LogP contribution in [0.4, 0.5) is 0 Å². The Balaban J connectivity index is 3.99. The summed E-state index contributed by atoms with van der Waals surface area (Å²) in [6.45, 7) is 7.98. The van der Waals surface area contributed by atoms with Crippen molar-refractivity contribution in [2.24, 2.45) is 0 Å². The molecule has 0 aromatic rings. The summed E-state index contributed by atoms with van der Waals surface area (Å²) in [6.07, 6.45) is -0.540. The molecule has 1 unspecified atom stereocenters. The van der Waals surface area contributed by atoms with Gasteiger partial charge in [0.25, 0.3) is 0 Å². The lowest BCUT2D eigenvalue weighted by Gasteiger charge is -2.38. The minimum absolute atomic E-state index is 0.301. The molecule has 0 aromatic heterocycles. The van der Waals surface area contributed by atoms with Crippen LogP contribution in [0, 0.1) is 0 Å². The van der Waals surface area contributed by atoms with Crippen LogP contribution in [0.2, 0.25) is 0 Å². The Morgan fingerprint density at radius 1 is 1.29 bits per heavy atom. The van der Waals surface area contributed by atoms with Crippen LogP contribution in [0.5, 0.6) is 0 Å². The number of aliphatic hydroxyl groups is 2. The summed E-state index contributed by atoms with van der Waals surface area (Å²) in [4.78, 5) is 0. The van der Waals surface area contributed by atoms with E-state index < -0.39 is 17.2 Å². The first-order chi connectivity index (χ1) is 6.20. The first-order valence-electron chi connectivity index (χ1n) is 4.85. The maximum atomic E-state index is 9.81. The molecule has 14 heavy (non-hydrogen) atoms. The molecule has 4 nitrogen and oxygen atoms in total. The summed E-state index contributed by atoms with van der Waals surface area (Å²) in [5.74, 6) is 0. The number of aliphatic hydroxyl groups excluding tert-OH is 1. The van der Waals surface area contributed by atoms with E-state index in [0.717, 1.165) is 0 Å². The van der Waals surface area contributed by atoms with E-state index in [9.17, 15) is 10.2 Å². The van der Waals surface area contributed by atoms with Crippen molar-refractivity contribution in [3.63, 3.8) is 0 Å². The molecule has 0 aliphatic carbocycles. The van der Waals surface area contributed by atoms with Crippen molar-refractivity contribution in [2.45, 2.75) is 44.9 Å². The monoisotopic (exact) mass is 205 g/mol.